The quantitative estimate of drug-likeness (QED) is 0.384. The Morgan fingerprint density at radius 3 is 1.62 bits per heavy atom. The van der Waals surface area contributed by atoms with Crippen LogP contribution in [0.2, 0.25) is 0 Å². The van der Waals surface area contributed by atoms with Gasteiger partial charge in [-0.05, 0) is 72.1 Å². The molecule has 4 rings (SSSR count). The van der Waals surface area contributed by atoms with E-state index in [1.165, 1.54) is 0 Å². The third kappa shape index (κ3) is 2.97. The van der Waals surface area contributed by atoms with Gasteiger partial charge in [0.15, 0.2) is 0 Å². The highest BCUT2D eigenvalue weighted by Gasteiger charge is 2.52. The number of nitrogens with one attached hydrogen (secondary N) is 2. The van der Waals surface area contributed by atoms with E-state index in [4.69, 9.17) is 9.47 Å². The van der Waals surface area contributed by atoms with Crippen LogP contribution in [0.3, 0.4) is 0 Å². The number of fused-ring (bicyclic) bond motifs is 2. The average molecular weight is 390 g/mol. The van der Waals surface area contributed by atoms with E-state index in [9.17, 15) is 9.59 Å². The molecule has 0 saturated carbocycles. The molecule has 0 saturated heterocycles. The summed E-state index contributed by atoms with van der Waals surface area (Å²) < 4.78 is 10.8. The summed E-state index contributed by atoms with van der Waals surface area (Å²) in [7, 11) is 0. The number of H-pyrrole nitrogens is 2. The highest BCUT2D eigenvalue weighted by molar-refractivity contribution is 6.11. The summed E-state index contributed by atoms with van der Waals surface area (Å²) in [4.78, 5) is 33.0. The van der Waals surface area contributed by atoms with E-state index < -0.39 is 17.4 Å². The lowest BCUT2D eigenvalue weighted by Crippen LogP contribution is -2.47. The third-order valence-corrected chi connectivity index (χ3v) is 5.14. The van der Waals surface area contributed by atoms with Crippen LogP contribution in [-0.2, 0) is 24.5 Å². The normalized spacial score (nSPS) is 11.7. The Balaban J connectivity index is 2.03. The van der Waals surface area contributed by atoms with Crippen molar-refractivity contribution in [1.82, 2.24) is 9.97 Å². The molecule has 0 spiro atoms. The van der Waals surface area contributed by atoms with Crippen molar-refractivity contribution in [2.45, 2.75) is 19.3 Å². The largest absolute Gasteiger partial charge is 0.465 e. The van der Waals surface area contributed by atoms with E-state index in [-0.39, 0.29) is 13.2 Å². The molecule has 2 heterocycles. The SMILES string of the molecule is CCOC(=O)C(C(=O)OCC)(c1ccc2[nH]ccc2c1)c1ccc2[nH]ccc2c1. The fourth-order valence-electron chi connectivity index (χ4n) is 3.77. The maximum absolute atomic E-state index is 13.4. The van der Waals surface area contributed by atoms with Gasteiger partial charge in [-0.1, -0.05) is 12.1 Å². The number of carbonyl (C=O) groups is 2. The second-order valence-corrected chi connectivity index (χ2v) is 6.75. The fourth-order valence-corrected chi connectivity index (χ4v) is 3.77. The van der Waals surface area contributed by atoms with E-state index in [2.05, 4.69) is 9.97 Å². The molecular formula is C23H22N2O4. The van der Waals surface area contributed by atoms with Crippen molar-refractivity contribution in [3.05, 3.63) is 72.1 Å². The molecule has 0 amide bonds. The molecule has 0 radical (unpaired) electrons. The molecule has 0 unspecified atom stereocenters. The van der Waals surface area contributed by atoms with Gasteiger partial charge in [0.2, 0.25) is 5.41 Å². The van der Waals surface area contributed by atoms with Gasteiger partial charge in [-0.2, -0.15) is 0 Å². The lowest BCUT2D eigenvalue weighted by molar-refractivity contribution is -0.162. The molecule has 2 aromatic heterocycles. The van der Waals surface area contributed by atoms with Gasteiger partial charge in [0.05, 0.1) is 13.2 Å². The number of aromatic amines is 2. The predicted molar refractivity (Wildman–Crippen MR) is 111 cm³/mol. The molecule has 2 N–H and O–H groups in total. The van der Waals surface area contributed by atoms with Crippen LogP contribution in [0, 0.1) is 0 Å². The van der Waals surface area contributed by atoms with E-state index in [0.29, 0.717) is 11.1 Å². The van der Waals surface area contributed by atoms with E-state index in [1.54, 1.807) is 26.0 Å². The lowest BCUT2D eigenvalue weighted by atomic mass is 9.73. The summed E-state index contributed by atoms with van der Waals surface area (Å²) in [6.45, 7) is 3.74. The molecule has 148 valence electrons. The molecule has 0 bridgehead atoms. The van der Waals surface area contributed by atoms with Gasteiger partial charge < -0.3 is 19.4 Å². The number of hydrogen-bond donors (Lipinski definition) is 2. The van der Waals surface area contributed by atoms with Crippen LogP contribution in [0.15, 0.2) is 60.9 Å². The average Bonchev–Trinajstić information content (AvgIpc) is 3.37. The summed E-state index contributed by atoms with van der Waals surface area (Å²) in [5, 5.41) is 1.78. The lowest BCUT2D eigenvalue weighted by Gasteiger charge is -2.30. The molecule has 6 nitrogen and oxygen atoms in total. The van der Waals surface area contributed by atoms with Crippen molar-refractivity contribution in [3.8, 4) is 0 Å². The van der Waals surface area contributed by atoms with Gasteiger partial charge in [0.25, 0.3) is 0 Å². The van der Waals surface area contributed by atoms with E-state index in [0.717, 1.165) is 21.8 Å². The van der Waals surface area contributed by atoms with Gasteiger partial charge in [-0.15, -0.1) is 0 Å². The second kappa shape index (κ2) is 7.47. The van der Waals surface area contributed by atoms with Crippen molar-refractivity contribution in [1.29, 1.82) is 0 Å². The number of aromatic nitrogens is 2. The summed E-state index contributed by atoms with van der Waals surface area (Å²) in [6.07, 6.45) is 3.63. The molecule has 0 aliphatic rings. The zero-order valence-corrected chi connectivity index (χ0v) is 16.3. The number of ether oxygens (including phenoxy) is 2. The van der Waals surface area contributed by atoms with Gasteiger partial charge >= 0.3 is 11.9 Å². The van der Waals surface area contributed by atoms with Crippen molar-refractivity contribution in [2.75, 3.05) is 13.2 Å². The summed E-state index contributed by atoms with van der Waals surface area (Å²) in [5.74, 6) is -1.30. The predicted octanol–water partition coefficient (Wildman–Crippen LogP) is 4.06. The van der Waals surface area contributed by atoms with Crippen molar-refractivity contribution < 1.29 is 19.1 Å². The van der Waals surface area contributed by atoms with Gasteiger partial charge in [-0.25, -0.2) is 0 Å². The van der Waals surface area contributed by atoms with Gasteiger partial charge in [0.1, 0.15) is 0 Å². The number of rotatable bonds is 6. The molecule has 0 fully saturated rings. The Morgan fingerprint density at radius 2 is 1.21 bits per heavy atom. The number of benzene rings is 2. The zero-order valence-electron chi connectivity index (χ0n) is 16.3. The monoisotopic (exact) mass is 390 g/mol. The topological polar surface area (TPSA) is 84.2 Å². The zero-order chi connectivity index (χ0) is 20.4. The Labute approximate surface area is 167 Å². The van der Waals surface area contributed by atoms with Crippen LogP contribution in [0.4, 0.5) is 0 Å². The smallest absolute Gasteiger partial charge is 0.332 e. The first-order valence-corrected chi connectivity index (χ1v) is 9.61. The minimum atomic E-state index is -1.72. The first-order valence-electron chi connectivity index (χ1n) is 9.61. The maximum Gasteiger partial charge on any atom is 0.332 e. The van der Waals surface area contributed by atoms with E-state index >= 15 is 0 Å². The number of carbonyl (C=O) groups excluding carboxylic acids is 2. The molecular weight excluding hydrogens is 368 g/mol. The molecule has 0 aliphatic carbocycles. The highest BCUT2D eigenvalue weighted by Crippen LogP contribution is 2.38. The Kier molecular flexibility index (Phi) is 4.84. The molecule has 2 aromatic carbocycles. The van der Waals surface area contributed by atoms with Crippen LogP contribution < -0.4 is 0 Å². The van der Waals surface area contributed by atoms with Crippen LogP contribution in [0.25, 0.3) is 21.8 Å². The number of hydrogen-bond acceptors (Lipinski definition) is 4. The minimum absolute atomic E-state index is 0.152. The maximum atomic E-state index is 13.4. The number of esters is 2. The van der Waals surface area contributed by atoms with E-state index in [1.807, 2.05) is 48.8 Å². The van der Waals surface area contributed by atoms with Crippen LogP contribution >= 0.6 is 0 Å². The molecule has 29 heavy (non-hydrogen) atoms. The van der Waals surface area contributed by atoms with Gasteiger partial charge in [-0.3, -0.25) is 9.59 Å². The second-order valence-electron chi connectivity index (χ2n) is 6.75. The molecule has 4 aromatic rings. The minimum Gasteiger partial charge on any atom is -0.465 e. The van der Waals surface area contributed by atoms with Crippen molar-refractivity contribution >= 4 is 33.7 Å². The van der Waals surface area contributed by atoms with Crippen molar-refractivity contribution in [3.63, 3.8) is 0 Å². The summed E-state index contributed by atoms with van der Waals surface area (Å²) in [6, 6.07) is 14.7. The Hall–Kier alpha value is -3.54. The summed E-state index contributed by atoms with van der Waals surface area (Å²) >= 11 is 0. The summed E-state index contributed by atoms with van der Waals surface area (Å²) in [5.41, 5.74) is 1.13. The molecule has 0 aliphatic heterocycles. The first kappa shape index (κ1) is 18.8. The third-order valence-electron chi connectivity index (χ3n) is 5.14. The van der Waals surface area contributed by atoms with Crippen LogP contribution in [0.1, 0.15) is 25.0 Å². The standard InChI is InChI=1S/C23H22N2O4/c1-3-28-21(26)23(22(27)29-4-2,17-5-7-19-15(13-17)9-11-24-19)18-6-8-20-16(14-18)10-12-25-20/h5-14,24-25H,3-4H2,1-2H3. The van der Waals surface area contributed by atoms with Crippen molar-refractivity contribution in [2.24, 2.45) is 0 Å². The Bertz CT molecular complexity index is 1090. The molecule has 6 heteroatoms. The highest BCUT2D eigenvalue weighted by atomic mass is 16.6. The van der Waals surface area contributed by atoms with Crippen LogP contribution in [0.5, 0.6) is 0 Å². The molecule has 0 atom stereocenters. The fraction of sp³-hybridized carbons (Fsp3) is 0.217. The van der Waals surface area contributed by atoms with Gasteiger partial charge in [0, 0.05) is 23.4 Å². The van der Waals surface area contributed by atoms with Crippen LogP contribution in [-0.4, -0.2) is 35.1 Å². The Morgan fingerprint density at radius 1 is 0.759 bits per heavy atom. The first-order chi connectivity index (χ1) is 14.1.